The Labute approximate surface area is 149 Å². The molecule has 0 bridgehead atoms. The number of ether oxygens (including phenoxy) is 2. The predicted octanol–water partition coefficient (Wildman–Crippen LogP) is 2.11. The summed E-state index contributed by atoms with van der Waals surface area (Å²) in [6.45, 7) is 3.53. The maximum absolute atomic E-state index is 12.6. The Morgan fingerprint density at radius 3 is 2.36 bits per heavy atom. The quantitative estimate of drug-likeness (QED) is 0.854. The highest BCUT2D eigenvalue weighted by molar-refractivity contribution is 5.79. The van der Waals surface area contributed by atoms with E-state index in [9.17, 15) is 4.79 Å². The second-order valence-electron chi connectivity index (χ2n) is 6.89. The van der Waals surface area contributed by atoms with Gasteiger partial charge in [-0.2, -0.15) is 0 Å². The zero-order chi connectivity index (χ0) is 17.6. The van der Waals surface area contributed by atoms with E-state index in [-0.39, 0.29) is 5.92 Å². The Bertz CT molecular complexity index is 557. The summed E-state index contributed by atoms with van der Waals surface area (Å²) in [6.07, 6.45) is 4.05. The number of benzene rings is 1. The third-order valence-electron chi connectivity index (χ3n) is 5.17. The van der Waals surface area contributed by atoms with E-state index < -0.39 is 0 Å². The summed E-state index contributed by atoms with van der Waals surface area (Å²) in [6, 6.07) is 6.19. The van der Waals surface area contributed by atoms with Gasteiger partial charge in [-0.05, 0) is 32.2 Å². The van der Waals surface area contributed by atoms with Crippen LogP contribution >= 0.6 is 0 Å². The van der Waals surface area contributed by atoms with Crippen LogP contribution < -0.4 is 20.1 Å². The minimum Gasteiger partial charge on any atom is -0.497 e. The number of carbonyl (C=O) groups excluding carboxylic acids is 1. The van der Waals surface area contributed by atoms with E-state index in [2.05, 4.69) is 10.6 Å². The van der Waals surface area contributed by atoms with E-state index in [4.69, 9.17) is 9.47 Å². The molecule has 6 nitrogen and oxygen atoms in total. The van der Waals surface area contributed by atoms with Crippen molar-refractivity contribution in [1.82, 2.24) is 10.2 Å². The maximum Gasteiger partial charge on any atom is 0.226 e. The van der Waals surface area contributed by atoms with Gasteiger partial charge < -0.3 is 25.0 Å². The first-order valence-electron chi connectivity index (χ1n) is 9.18. The van der Waals surface area contributed by atoms with Crippen LogP contribution in [0.4, 0.5) is 5.69 Å². The second-order valence-corrected chi connectivity index (χ2v) is 6.89. The summed E-state index contributed by atoms with van der Waals surface area (Å²) < 4.78 is 10.6. The molecule has 2 heterocycles. The van der Waals surface area contributed by atoms with Crippen molar-refractivity contribution < 1.29 is 14.3 Å². The van der Waals surface area contributed by atoms with E-state index >= 15 is 0 Å². The van der Waals surface area contributed by atoms with Crippen LogP contribution in [-0.4, -0.2) is 57.2 Å². The molecule has 2 aliphatic rings. The van der Waals surface area contributed by atoms with Crippen LogP contribution in [0, 0.1) is 5.92 Å². The summed E-state index contributed by atoms with van der Waals surface area (Å²) in [7, 11) is 3.31. The molecule has 3 rings (SSSR count). The van der Waals surface area contributed by atoms with Crippen molar-refractivity contribution in [2.24, 2.45) is 5.92 Å². The molecule has 1 aromatic carbocycles. The number of nitrogens with zero attached hydrogens (tertiary/aromatic N) is 1. The maximum atomic E-state index is 12.6. The third kappa shape index (κ3) is 4.57. The number of hydrogen-bond donors (Lipinski definition) is 2. The number of likely N-dealkylation sites (tertiary alicyclic amines) is 1. The highest BCUT2D eigenvalue weighted by atomic mass is 16.5. The largest absolute Gasteiger partial charge is 0.497 e. The van der Waals surface area contributed by atoms with E-state index in [1.807, 2.05) is 23.1 Å². The molecule has 0 aliphatic carbocycles. The molecule has 25 heavy (non-hydrogen) atoms. The fourth-order valence-corrected chi connectivity index (χ4v) is 3.69. The van der Waals surface area contributed by atoms with Crippen LogP contribution in [0.15, 0.2) is 18.2 Å². The predicted molar refractivity (Wildman–Crippen MR) is 98.4 cm³/mol. The lowest BCUT2D eigenvalue weighted by Gasteiger charge is -2.36. The third-order valence-corrected chi connectivity index (χ3v) is 5.17. The number of piperidine rings is 2. The van der Waals surface area contributed by atoms with E-state index in [0.717, 1.165) is 69.0 Å². The monoisotopic (exact) mass is 347 g/mol. The number of methoxy groups -OCH3 is 2. The average molecular weight is 347 g/mol. The molecular weight excluding hydrogens is 318 g/mol. The van der Waals surface area contributed by atoms with Crippen molar-refractivity contribution in [2.45, 2.75) is 31.7 Å². The van der Waals surface area contributed by atoms with Gasteiger partial charge in [-0.15, -0.1) is 0 Å². The summed E-state index contributed by atoms with van der Waals surface area (Å²) in [5.41, 5.74) is 0.998. The van der Waals surface area contributed by atoms with Crippen molar-refractivity contribution in [3.05, 3.63) is 18.2 Å². The number of carbonyl (C=O) groups is 1. The van der Waals surface area contributed by atoms with Gasteiger partial charge in [-0.25, -0.2) is 0 Å². The molecule has 138 valence electrons. The number of rotatable bonds is 5. The van der Waals surface area contributed by atoms with Crippen molar-refractivity contribution >= 4 is 11.6 Å². The summed E-state index contributed by atoms with van der Waals surface area (Å²) in [4.78, 5) is 14.7. The van der Waals surface area contributed by atoms with Crippen LogP contribution in [0.1, 0.15) is 25.7 Å². The molecule has 2 saturated heterocycles. The molecule has 0 spiro atoms. The SMILES string of the molecule is COc1cc(NC2CCN(C(=O)C3CCCNC3)CC2)cc(OC)c1. The second kappa shape index (κ2) is 8.43. The first kappa shape index (κ1) is 17.9. The Morgan fingerprint density at radius 1 is 1.12 bits per heavy atom. The van der Waals surface area contributed by atoms with Gasteiger partial charge >= 0.3 is 0 Å². The minimum atomic E-state index is 0.168. The lowest BCUT2D eigenvalue weighted by molar-refractivity contribution is -0.137. The Hall–Kier alpha value is -1.95. The van der Waals surface area contributed by atoms with Gasteiger partial charge in [0, 0.05) is 49.6 Å². The standard InChI is InChI=1S/C19H29N3O3/c1-24-17-10-16(11-18(12-17)25-2)21-15-5-8-22(9-6-15)19(23)14-4-3-7-20-13-14/h10-12,14-15,20-21H,3-9,13H2,1-2H3. The molecule has 0 saturated carbocycles. The van der Waals surface area contributed by atoms with Crippen LogP contribution in [0.5, 0.6) is 11.5 Å². The molecule has 1 amide bonds. The number of hydrogen-bond acceptors (Lipinski definition) is 5. The van der Waals surface area contributed by atoms with Gasteiger partial charge in [0.2, 0.25) is 5.91 Å². The molecule has 6 heteroatoms. The van der Waals surface area contributed by atoms with Crippen LogP contribution in [0.25, 0.3) is 0 Å². The lowest BCUT2D eigenvalue weighted by Crippen LogP contribution is -2.47. The van der Waals surface area contributed by atoms with Gasteiger partial charge in [0.1, 0.15) is 11.5 Å². The summed E-state index contributed by atoms with van der Waals surface area (Å²) >= 11 is 0. The molecular formula is C19H29N3O3. The molecule has 1 atom stereocenters. The van der Waals surface area contributed by atoms with Crippen LogP contribution in [-0.2, 0) is 4.79 Å². The Balaban J connectivity index is 1.53. The number of nitrogens with one attached hydrogen (secondary N) is 2. The minimum absolute atomic E-state index is 0.168. The van der Waals surface area contributed by atoms with Crippen LogP contribution in [0.2, 0.25) is 0 Å². The number of amides is 1. The van der Waals surface area contributed by atoms with Gasteiger partial charge in [0.25, 0.3) is 0 Å². The Kier molecular flexibility index (Phi) is 6.02. The zero-order valence-electron chi connectivity index (χ0n) is 15.2. The number of anilines is 1. The van der Waals surface area contributed by atoms with Gasteiger partial charge in [0.05, 0.1) is 20.1 Å². The fourth-order valence-electron chi connectivity index (χ4n) is 3.69. The van der Waals surface area contributed by atoms with Crippen LogP contribution in [0.3, 0.4) is 0 Å². The van der Waals surface area contributed by atoms with Crippen molar-refractivity contribution in [1.29, 1.82) is 0 Å². The Morgan fingerprint density at radius 2 is 1.80 bits per heavy atom. The molecule has 1 unspecified atom stereocenters. The molecule has 0 aromatic heterocycles. The highest BCUT2D eigenvalue weighted by Crippen LogP contribution is 2.27. The molecule has 2 N–H and O–H groups in total. The molecule has 1 aromatic rings. The summed E-state index contributed by atoms with van der Waals surface area (Å²) in [5, 5.41) is 6.89. The smallest absolute Gasteiger partial charge is 0.226 e. The van der Waals surface area contributed by atoms with Crippen molar-refractivity contribution in [3.63, 3.8) is 0 Å². The van der Waals surface area contributed by atoms with Gasteiger partial charge in [-0.1, -0.05) is 0 Å². The van der Waals surface area contributed by atoms with Crippen molar-refractivity contribution in [3.8, 4) is 11.5 Å². The fraction of sp³-hybridized carbons (Fsp3) is 0.632. The first-order valence-corrected chi connectivity index (χ1v) is 9.18. The first-order chi connectivity index (χ1) is 12.2. The molecule has 2 fully saturated rings. The molecule has 0 radical (unpaired) electrons. The zero-order valence-corrected chi connectivity index (χ0v) is 15.2. The lowest BCUT2D eigenvalue weighted by atomic mass is 9.96. The topological polar surface area (TPSA) is 62.8 Å². The summed E-state index contributed by atoms with van der Waals surface area (Å²) in [5.74, 6) is 2.05. The van der Waals surface area contributed by atoms with Gasteiger partial charge in [-0.3, -0.25) is 4.79 Å². The molecule has 2 aliphatic heterocycles. The average Bonchev–Trinajstić information content (AvgIpc) is 2.68. The van der Waals surface area contributed by atoms with Gasteiger partial charge in [0.15, 0.2) is 0 Å². The van der Waals surface area contributed by atoms with E-state index in [1.54, 1.807) is 14.2 Å². The van der Waals surface area contributed by atoms with E-state index in [0.29, 0.717) is 11.9 Å². The van der Waals surface area contributed by atoms with E-state index in [1.165, 1.54) is 0 Å². The normalized spacial score (nSPS) is 21.7. The highest BCUT2D eigenvalue weighted by Gasteiger charge is 2.29. The van der Waals surface area contributed by atoms with Crippen molar-refractivity contribution in [2.75, 3.05) is 45.7 Å².